The molecule has 1 aromatic rings. The summed E-state index contributed by atoms with van der Waals surface area (Å²) in [6, 6.07) is 0. The van der Waals surface area contributed by atoms with Gasteiger partial charge in [0.05, 0.1) is 6.20 Å². The molecule has 0 aromatic carbocycles. The summed E-state index contributed by atoms with van der Waals surface area (Å²) < 4.78 is 20.7. The molecule has 1 unspecified atom stereocenters. The minimum Gasteiger partial charge on any atom is -0.767 e. The van der Waals surface area contributed by atoms with E-state index in [1.165, 1.54) is 6.20 Å². The quantitative estimate of drug-likeness (QED) is 0.430. The van der Waals surface area contributed by atoms with E-state index in [4.69, 9.17) is 0 Å². The number of hydrogen-bond acceptors (Lipinski definition) is 3. The largest absolute Gasteiger partial charge is 1.00 e. The van der Waals surface area contributed by atoms with E-state index in [1.807, 2.05) is 13.8 Å². The van der Waals surface area contributed by atoms with Gasteiger partial charge in [0, 0.05) is 5.92 Å². The van der Waals surface area contributed by atoms with Crippen LogP contribution in [0.3, 0.4) is 0 Å². The topological polar surface area (TPSA) is 68.8 Å². The van der Waals surface area contributed by atoms with Crippen LogP contribution in [0.4, 0.5) is 0 Å². The van der Waals surface area contributed by atoms with Gasteiger partial charge in [-0.05, 0) is 11.1 Å². The minimum atomic E-state index is -2.19. The molecular formula is C6H9N2NaO2S. The van der Waals surface area contributed by atoms with Crippen molar-refractivity contribution in [2.24, 2.45) is 0 Å². The smallest absolute Gasteiger partial charge is 0.767 e. The fourth-order valence-corrected chi connectivity index (χ4v) is 1.02. The van der Waals surface area contributed by atoms with Gasteiger partial charge >= 0.3 is 29.6 Å². The molecule has 1 heterocycles. The van der Waals surface area contributed by atoms with Crippen molar-refractivity contribution in [1.29, 1.82) is 0 Å². The average molecular weight is 196 g/mol. The molecule has 1 rings (SSSR count). The van der Waals surface area contributed by atoms with E-state index in [0.29, 0.717) is 5.82 Å². The van der Waals surface area contributed by atoms with Crippen molar-refractivity contribution >= 4 is 11.1 Å². The molecule has 0 saturated heterocycles. The van der Waals surface area contributed by atoms with Gasteiger partial charge in [-0.25, -0.2) is 4.98 Å². The van der Waals surface area contributed by atoms with Crippen molar-refractivity contribution in [3.8, 4) is 0 Å². The summed E-state index contributed by atoms with van der Waals surface area (Å²) in [5, 5.41) is 0.147. The van der Waals surface area contributed by atoms with Crippen LogP contribution in [0, 0.1) is 0 Å². The second-order valence-electron chi connectivity index (χ2n) is 2.52. The van der Waals surface area contributed by atoms with Crippen LogP contribution in [0.1, 0.15) is 25.6 Å². The Morgan fingerprint density at radius 2 is 2.25 bits per heavy atom. The molecule has 0 spiro atoms. The summed E-state index contributed by atoms with van der Waals surface area (Å²) in [5.41, 5.74) is 0. The molecule has 1 aromatic heterocycles. The molecule has 0 radical (unpaired) electrons. The molecule has 0 bridgehead atoms. The first-order valence-corrected chi connectivity index (χ1v) is 4.33. The number of nitrogens with one attached hydrogen (secondary N) is 1. The molecule has 0 aliphatic rings. The first-order valence-electron chi connectivity index (χ1n) is 3.25. The van der Waals surface area contributed by atoms with E-state index >= 15 is 0 Å². The fraction of sp³-hybridized carbons (Fsp3) is 0.500. The van der Waals surface area contributed by atoms with Gasteiger partial charge in [0.2, 0.25) is 0 Å². The van der Waals surface area contributed by atoms with Crippen molar-refractivity contribution in [2.45, 2.75) is 24.8 Å². The molecule has 0 aliphatic heterocycles. The maximum atomic E-state index is 10.4. The molecular weight excluding hydrogens is 187 g/mol. The molecule has 12 heavy (non-hydrogen) atoms. The Hall–Kier alpha value is 0.320. The van der Waals surface area contributed by atoms with Crippen LogP contribution in [-0.4, -0.2) is 18.7 Å². The number of rotatable bonds is 2. The second kappa shape index (κ2) is 5.14. The monoisotopic (exact) mass is 196 g/mol. The van der Waals surface area contributed by atoms with E-state index < -0.39 is 11.1 Å². The zero-order valence-electron chi connectivity index (χ0n) is 7.33. The first-order chi connectivity index (χ1) is 5.11. The Morgan fingerprint density at radius 1 is 1.67 bits per heavy atom. The van der Waals surface area contributed by atoms with Gasteiger partial charge in [0.25, 0.3) is 0 Å². The summed E-state index contributed by atoms with van der Waals surface area (Å²) in [6.45, 7) is 3.88. The minimum absolute atomic E-state index is 0. The van der Waals surface area contributed by atoms with Crippen LogP contribution >= 0.6 is 0 Å². The van der Waals surface area contributed by atoms with Crippen molar-refractivity contribution in [1.82, 2.24) is 9.97 Å². The predicted molar refractivity (Wildman–Crippen MR) is 39.9 cm³/mol. The molecule has 4 nitrogen and oxygen atoms in total. The summed E-state index contributed by atoms with van der Waals surface area (Å²) in [6.07, 6.45) is 1.32. The molecule has 1 atom stereocenters. The number of H-pyrrole nitrogens is 1. The molecule has 0 amide bonds. The van der Waals surface area contributed by atoms with E-state index in [0.717, 1.165) is 0 Å². The van der Waals surface area contributed by atoms with Crippen LogP contribution in [-0.2, 0) is 11.1 Å². The van der Waals surface area contributed by atoms with Crippen LogP contribution < -0.4 is 29.6 Å². The number of imidazole rings is 1. The summed E-state index contributed by atoms with van der Waals surface area (Å²) in [4.78, 5) is 6.58. The van der Waals surface area contributed by atoms with Crippen LogP contribution in [0.15, 0.2) is 11.2 Å². The average Bonchev–Trinajstić information content (AvgIpc) is 2.33. The van der Waals surface area contributed by atoms with Crippen LogP contribution in [0.5, 0.6) is 0 Å². The predicted octanol–water partition coefficient (Wildman–Crippen LogP) is -2.22. The Morgan fingerprint density at radius 3 is 2.50 bits per heavy atom. The van der Waals surface area contributed by atoms with E-state index in [2.05, 4.69) is 9.97 Å². The van der Waals surface area contributed by atoms with Crippen molar-refractivity contribution in [3.63, 3.8) is 0 Å². The number of aromatic nitrogens is 2. The van der Waals surface area contributed by atoms with Gasteiger partial charge in [0.1, 0.15) is 10.9 Å². The number of aromatic amines is 1. The van der Waals surface area contributed by atoms with Gasteiger partial charge in [-0.3, -0.25) is 4.21 Å². The molecule has 0 aliphatic carbocycles. The Bertz CT molecular complexity index is 274. The van der Waals surface area contributed by atoms with E-state index in [9.17, 15) is 8.76 Å². The van der Waals surface area contributed by atoms with Gasteiger partial charge < -0.3 is 9.54 Å². The van der Waals surface area contributed by atoms with E-state index in [-0.39, 0.29) is 40.5 Å². The maximum absolute atomic E-state index is 10.4. The summed E-state index contributed by atoms with van der Waals surface area (Å²) >= 11 is -2.19. The van der Waals surface area contributed by atoms with Crippen molar-refractivity contribution < 1.29 is 38.3 Å². The molecule has 1 N–H and O–H groups in total. The molecule has 0 saturated carbocycles. The fourth-order valence-electron chi connectivity index (χ4n) is 0.697. The van der Waals surface area contributed by atoms with Gasteiger partial charge in [-0.2, -0.15) is 0 Å². The molecule has 62 valence electrons. The number of hydrogen-bond donors (Lipinski definition) is 1. The normalized spacial score (nSPS) is 12.7. The summed E-state index contributed by atoms with van der Waals surface area (Å²) in [7, 11) is 0. The van der Waals surface area contributed by atoms with Crippen LogP contribution in [0.25, 0.3) is 0 Å². The molecule has 6 heteroatoms. The molecule has 0 fully saturated rings. The standard InChI is InChI=1S/C6H10N2O2S.Na/c1-4(2)6-7-3-5(8-6)11(9)10;/h3-4H,1-2H3,(H,7,8)(H,9,10);/q;+1/p-1. The third-order valence-corrected chi connectivity index (χ3v) is 1.87. The van der Waals surface area contributed by atoms with Gasteiger partial charge in [0.15, 0.2) is 0 Å². The van der Waals surface area contributed by atoms with Gasteiger partial charge in [-0.15, -0.1) is 0 Å². The second-order valence-corrected chi connectivity index (χ2v) is 3.43. The third-order valence-electron chi connectivity index (χ3n) is 1.30. The van der Waals surface area contributed by atoms with Crippen molar-refractivity contribution in [2.75, 3.05) is 0 Å². The third kappa shape index (κ3) is 2.99. The van der Waals surface area contributed by atoms with E-state index in [1.54, 1.807) is 0 Å². The zero-order chi connectivity index (χ0) is 8.43. The van der Waals surface area contributed by atoms with Crippen LogP contribution in [0.2, 0.25) is 0 Å². The Kier molecular flexibility index (Phi) is 5.27. The Balaban J connectivity index is 0.00000121. The maximum Gasteiger partial charge on any atom is 1.00 e. The number of nitrogens with zero attached hydrogens (tertiary/aromatic N) is 1. The SMILES string of the molecule is CC(C)c1ncc(S(=O)[O-])[nH]1.[Na+]. The van der Waals surface area contributed by atoms with Crippen molar-refractivity contribution in [3.05, 3.63) is 12.0 Å². The Labute approximate surface area is 95.7 Å². The zero-order valence-corrected chi connectivity index (χ0v) is 10.1. The first kappa shape index (κ1) is 12.3. The van der Waals surface area contributed by atoms with Gasteiger partial charge in [-0.1, -0.05) is 13.8 Å². The summed E-state index contributed by atoms with van der Waals surface area (Å²) in [5.74, 6) is 0.927.